The number of methoxy groups -OCH3 is 1. The number of benzene rings is 1. The summed E-state index contributed by atoms with van der Waals surface area (Å²) in [5, 5.41) is 18.2. The average Bonchev–Trinajstić information content (AvgIpc) is 2.62. The van der Waals surface area contributed by atoms with Gasteiger partial charge >= 0.3 is 5.97 Å². The van der Waals surface area contributed by atoms with Gasteiger partial charge in [0.2, 0.25) is 0 Å². The zero-order chi connectivity index (χ0) is 23.4. The minimum atomic E-state index is -1.01. The van der Waals surface area contributed by atoms with Gasteiger partial charge in [-0.2, -0.15) is 0 Å². The van der Waals surface area contributed by atoms with Crippen molar-refractivity contribution in [2.45, 2.75) is 89.4 Å². The van der Waals surface area contributed by atoms with E-state index in [1.807, 2.05) is 13.8 Å². The Bertz CT molecular complexity index is 701. The highest BCUT2D eigenvalue weighted by Gasteiger charge is 2.43. The summed E-state index contributed by atoms with van der Waals surface area (Å²) >= 11 is 0. The van der Waals surface area contributed by atoms with Crippen LogP contribution in [0.3, 0.4) is 0 Å². The lowest BCUT2D eigenvalue weighted by molar-refractivity contribution is -0.158. The zero-order valence-electron chi connectivity index (χ0n) is 19.3. The molecule has 0 aliphatic carbocycles. The number of esters is 1. The van der Waals surface area contributed by atoms with E-state index in [0.29, 0.717) is 24.1 Å². The molecular formula is C23H36BFO5. The molecule has 1 fully saturated rings. The molecule has 1 saturated heterocycles. The number of carbonyl (C=O) groups excluding carboxylic acids is 1. The lowest BCUT2D eigenvalue weighted by Crippen LogP contribution is -2.47. The molecule has 2 radical (unpaired) electrons. The van der Waals surface area contributed by atoms with Crippen molar-refractivity contribution in [3.05, 3.63) is 29.6 Å². The number of hydrogen-bond donors (Lipinski definition) is 2. The van der Waals surface area contributed by atoms with Crippen LogP contribution in [0.2, 0.25) is 0 Å². The molecule has 0 aromatic heterocycles. The van der Waals surface area contributed by atoms with Crippen LogP contribution < -0.4 is 5.46 Å². The van der Waals surface area contributed by atoms with Crippen LogP contribution in [0.25, 0.3) is 0 Å². The third-order valence-corrected chi connectivity index (χ3v) is 6.31. The molecule has 7 heteroatoms. The Morgan fingerprint density at radius 1 is 1.23 bits per heavy atom. The topological polar surface area (TPSA) is 76.0 Å². The van der Waals surface area contributed by atoms with E-state index < -0.39 is 22.2 Å². The molecule has 30 heavy (non-hydrogen) atoms. The van der Waals surface area contributed by atoms with Crippen molar-refractivity contribution in [1.29, 1.82) is 0 Å². The Balaban J connectivity index is 0.000000479. The highest BCUT2D eigenvalue weighted by molar-refractivity contribution is 6.32. The average molecular weight is 422 g/mol. The van der Waals surface area contributed by atoms with Gasteiger partial charge in [0.1, 0.15) is 13.7 Å². The van der Waals surface area contributed by atoms with Crippen molar-refractivity contribution in [2.24, 2.45) is 0 Å². The van der Waals surface area contributed by atoms with Crippen LogP contribution in [-0.4, -0.2) is 54.5 Å². The summed E-state index contributed by atoms with van der Waals surface area (Å²) in [5.41, 5.74) is -1.90. The molecule has 2 N–H and O–H groups in total. The van der Waals surface area contributed by atoms with Crippen molar-refractivity contribution in [1.82, 2.24) is 0 Å². The van der Waals surface area contributed by atoms with Gasteiger partial charge in [-0.15, -0.1) is 0 Å². The lowest BCUT2D eigenvalue weighted by Gasteiger charge is -2.44. The predicted octanol–water partition coefficient (Wildman–Crippen LogP) is 2.93. The normalized spacial score (nSPS) is 24.6. The maximum absolute atomic E-state index is 14.2. The third-order valence-electron chi connectivity index (χ3n) is 6.31. The molecule has 1 aromatic rings. The maximum atomic E-state index is 14.2. The van der Waals surface area contributed by atoms with Crippen LogP contribution in [0.5, 0.6) is 0 Å². The molecule has 0 bridgehead atoms. The van der Waals surface area contributed by atoms with Crippen LogP contribution in [0.4, 0.5) is 4.39 Å². The minimum Gasteiger partial charge on any atom is -0.469 e. The first-order valence-electron chi connectivity index (χ1n) is 10.3. The number of carbonyl (C=O) groups is 1. The van der Waals surface area contributed by atoms with Crippen molar-refractivity contribution < 1.29 is 28.9 Å². The van der Waals surface area contributed by atoms with E-state index in [-0.39, 0.29) is 18.2 Å². The summed E-state index contributed by atoms with van der Waals surface area (Å²) < 4.78 is 25.0. The second kappa shape index (κ2) is 9.79. The molecule has 2 rings (SSSR count). The van der Waals surface area contributed by atoms with Gasteiger partial charge in [0.15, 0.2) is 0 Å². The zero-order valence-corrected chi connectivity index (χ0v) is 19.3. The Hall–Kier alpha value is -1.44. The van der Waals surface area contributed by atoms with Gasteiger partial charge < -0.3 is 19.7 Å². The molecule has 1 aromatic carbocycles. The summed E-state index contributed by atoms with van der Waals surface area (Å²) in [6, 6.07) is 4.78. The predicted molar refractivity (Wildman–Crippen MR) is 117 cm³/mol. The van der Waals surface area contributed by atoms with Crippen molar-refractivity contribution in [2.75, 3.05) is 13.7 Å². The van der Waals surface area contributed by atoms with E-state index in [9.17, 15) is 9.18 Å². The Kier molecular flexibility index (Phi) is 8.68. The highest BCUT2D eigenvalue weighted by atomic mass is 19.1. The van der Waals surface area contributed by atoms with E-state index in [2.05, 4.69) is 0 Å². The monoisotopic (exact) mass is 422 g/mol. The van der Waals surface area contributed by atoms with E-state index in [1.165, 1.54) is 13.2 Å². The fourth-order valence-corrected chi connectivity index (χ4v) is 3.07. The molecule has 0 spiro atoms. The summed E-state index contributed by atoms with van der Waals surface area (Å²) in [4.78, 5) is 11.6. The van der Waals surface area contributed by atoms with Crippen LogP contribution in [0.1, 0.15) is 72.8 Å². The first-order valence-corrected chi connectivity index (χ1v) is 10.3. The van der Waals surface area contributed by atoms with Crippen LogP contribution in [0.15, 0.2) is 18.2 Å². The van der Waals surface area contributed by atoms with E-state index in [4.69, 9.17) is 27.5 Å². The Morgan fingerprint density at radius 3 is 2.17 bits per heavy atom. The molecule has 2 unspecified atom stereocenters. The molecule has 0 saturated carbocycles. The molecule has 1 aliphatic rings. The van der Waals surface area contributed by atoms with Gasteiger partial charge in [0, 0.05) is 5.41 Å². The number of halogens is 1. The molecule has 2 atom stereocenters. The standard InChI is InChI=1S/C17H22BFO3.C6H14O2/c1-4-17(10-15(20)21-3)8-7-16(2,11-22-17)13-6-5-12(18)9-14(13)19;1-5(2,7)6(3,4)8/h5-6,9H,4,7-8,10-11H2,1-3H3;7-8H,1-4H3. The summed E-state index contributed by atoms with van der Waals surface area (Å²) in [5.74, 6) is -0.577. The molecular weight excluding hydrogens is 386 g/mol. The van der Waals surface area contributed by atoms with Gasteiger partial charge in [0.25, 0.3) is 0 Å². The van der Waals surface area contributed by atoms with Gasteiger partial charge in [-0.05, 0) is 58.6 Å². The van der Waals surface area contributed by atoms with E-state index in [0.717, 1.165) is 12.8 Å². The Labute approximate surface area is 181 Å². The molecule has 1 aliphatic heterocycles. The molecule has 0 amide bonds. The third kappa shape index (κ3) is 6.79. The number of ether oxygens (including phenoxy) is 2. The smallest absolute Gasteiger partial charge is 0.308 e. The first-order chi connectivity index (χ1) is 13.6. The van der Waals surface area contributed by atoms with Crippen LogP contribution in [-0.2, 0) is 19.7 Å². The molecule has 1 heterocycles. The largest absolute Gasteiger partial charge is 0.469 e. The number of rotatable bonds is 5. The molecule has 5 nitrogen and oxygen atoms in total. The summed E-state index contributed by atoms with van der Waals surface area (Å²) in [7, 11) is 6.99. The second-order valence-electron chi connectivity index (χ2n) is 9.50. The summed E-state index contributed by atoms with van der Waals surface area (Å²) in [6.07, 6.45) is 2.40. The fourth-order valence-electron chi connectivity index (χ4n) is 3.07. The van der Waals surface area contributed by atoms with Gasteiger partial charge in [-0.3, -0.25) is 4.79 Å². The van der Waals surface area contributed by atoms with Crippen molar-refractivity contribution in [3.8, 4) is 0 Å². The second-order valence-corrected chi connectivity index (χ2v) is 9.50. The Morgan fingerprint density at radius 2 is 1.80 bits per heavy atom. The van der Waals surface area contributed by atoms with Gasteiger partial charge in [-0.1, -0.05) is 31.4 Å². The number of aliphatic hydroxyl groups is 2. The fraction of sp³-hybridized carbons (Fsp3) is 0.696. The van der Waals surface area contributed by atoms with Crippen molar-refractivity contribution >= 4 is 19.3 Å². The quantitative estimate of drug-likeness (QED) is 0.564. The highest BCUT2D eigenvalue weighted by Crippen LogP contribution is 2.42. The first kappa shape index (κ1) is 26.6. The van der Waals surface area contributed by atoms with Crippen LogP contribution in [0, 0.1) is 5.82 Å². The molecule has 168 valence electrons. The van der Waals surface area contributed by atoms with Crippen molar-refractivity contribution in [3.63, 3.8) is 0 Å². The van der Waals surface area contributed by atoms with Crippen LogP contribution >= 0.6 is 0 Å². The summed E-state index contributed by atoms with van der Waals surface area (Å²) in [6.45, 7) is 10.7. The van der Waals surface area contributed by atoms with Gasteiger partial charge in [0.05, 0.1) is 36.9 Å². The van der Waals surface area contributed by atoms with E-state index >= 15 is 0 Å². The van der Waals surface area contributed by atoms with Gasteiger partial charge in [-0.25, -0.2) is 4.39 Å². The SMILES string of the molecule is CC(C)(O)C(C)(C)O.[B]c1ccc(C2(C)CCC(CC)(CC(=O)OC)OC2)c(F)c1. The lowest BCUT2D eigenvalue weighted by atomic mass is 9.72. The minimum absolute atomic E-state index is 0.236. The van der Waals surface area contributed by atoms with E-state index in [1.54, 1.807) is 39.8 Å². The number of hydrogen-bond acceptors (Lipinski definition) is 5. The maximum Gasteiger partial charge on any atom is 0.308 e.